The molecule has 0 saturated heterocycles. The van der Waals surface area contributed by atoms with E-state index in [4.69, 9.17) is 4.42 Å². The Hall–Kier alpha value is -1.59. The van der Waals surface area contributed by atoms with Gasteiger partial charge in [-0.2, -0.15) is 0 Å². The maximum absolute atomic E-state index is 12.6. The van der Waals surface area contributed by atoms with Gasteiger partial charge in [-0.3, -0.25) is 4.79 Å². The number of halogens is 1. The highest BCUT2D eigenvalue weighted by atomic mass is 79.9. The van der Waals surface area contributed by atoms with E-state index >= 15 is 0 Å². The summed E-state index contributed by atoms with van der Waals surface area (Å²) < 4.78 is 5.63. The monoisotopic (exact) mass is 320 g/mol. The first-order chi connectivity index (χ1) is 9.27. The van der Waals surface area contributed by atoms with E-state index in [1.165, 1.54) is 6.26 Å². The summed E-state index contributed by atoms with van der Waals surface area (Å²) in [6.07, 6.45) is 1.51. The van der Waals surface area contributed by atoms with E-state index in [1.807, 2.05) is 24.3 Å². The minimum Gasteiger partial charge on any atom is -0.457 e. The zero-order chi connectivity index (χ0) is 13.2. The Labute approximate surface area is 119 Å². The molecule has 3 rings (SSSR count). The van der Waals surface area contributed by atoms with Gasteiger partial charge in [-0.05, 0) is 33.6 Å². The van der Waals surface area contributed by atoms with Crippen LogP contribution in [0.4, 0.5) is 5.69 Å². The standard InChI is InChI=1S/C14H13BrN2O2/c15-13-11(5-8-19-13)14(18)17-7-6-16-9-10-3-1-2-4-12(10)17/h1-5,8,16H,6-7,9H2. The molecule has 5 heteroatoms. The lowest BCUT2D eigenvalue weighted by molar-refractivity contribution is 0.0986. The van der Waals surface area contributed by atoms with Crippen molar-refractivity contribution >= 4 is 27.5 Å². The molecule has 4 nitrogen and oxygen atoms in total. The summed E-state index contributed by atoms with van der Waals surface area (Å²) in [5.41, 5.74) is 2.65. The molecule has 0 unspecified atom stereocenters. The van der Waals surface area contributed by atoms with E-state index in [9.17, 15) is 4.79 Å². The highest BCUT2D eigenvalue weighted by Crippen LogP contribution is 2.26. The number of benzene rings is 1. The van der Waals surface area contributed by atoms with Crippen LogP contribution in [-0.2, 0) is 6.54 Å². The highest BCUT2D eigenvalue weighted by molar-refractivity contribution is 9.10. The highest BCUT2D eigenvalue weighted by Gasteiger charge is 2.24. The van der Waals surface area contributed by atoms with Crippen LogP contribution in [0.1, 0.15) is 15.9 Å². The van der Waals surface area contributed by atoms with Crippen LogP contribution in [0.3, 0.4) is 0 Å². The first-order valence-electron chi connectivity index (χ1n) is 6.11. The number of carbonyl (C=O) groups is 1. The molecule has 1 aliphatic heterocycles. The van der Waals surface area contributed by atoms with Crippen molar-refractivity contribution in [2.24, 2.45) is 0 Å². The Morgan fingerprint density at radius 1 is 1.32 bits per heavy atom. The lowest BCUT2D eigenvalue weighted by Crippen LogP contribution is -2.34. The van der Waals surface area contributed by atoms with Gasteiger partial charge in [0.05, 0.1) is 11.8 Å². The minimum absolute atomic E-state index is 0.0447. The zero-order valence-electron chi connectivity index (χ0n) is 10.2. The predicted molar refractivity (Wildman–Crippen MR) is 76.2 cm³/mol. The lowest BCUT2D eigenvalue weighted by Gasteiger charge is -2.22. The van der Waals surface area contributed by atoms with Crippen molar-refractivity contribution in [1.29, 1.82) is 0 Å². The van der Waals surface area contributed by atoms with Gasteiger partial charge in [-0.1, -0.05) is 18.2 Å². The number of nitrogens with zero attached hydrogens (tertiary/aromatic N) is 1. The number of hydrogen-bond acceptors (Lipinski definition) is 3. The van der Waals surface area contributed by atoms with Crippen molar-refractivity contribution in [3.63, 3.8) is 0 Å². The molecule has 98 valence electrons. The smallest absolute Gasteiger partial charge is 0.262 e. The normalized spacial score (nSPS) is 14.9. The Kier molecular flexibility index (Phi) is 3.40. The van der Waals surface area contributed by atoms with E-state index in [2.05, 4.69) is 21.2 Å². The second kappa shape index (κ2) is 5.19. The Morgan fingerprint density at radius 2 is 2.16 bits per heavy atom. The summed E-state index contributed by atoms with van der Waals surface area (Å²) in [5, 5.41) is 3.32. The second-order valence-electron chi connectivity index (χ2n) is 4.37. The summed E-state index contributed by atoms with van der Waals surface area (Å²) in [6.45, 7) is 2.20. The number of furan rings is 1. The maximum atomic E-state index is 12.6. The number of nitrogens with one attached hydrogen (secondary N) is 1. The fourth-order valence-electron chi connectivity index (χ4n) is 2.26. The molecule has 0 aliphatic carbocycles. The Bertz CT molecular complexity index is 609. The van der Waals surface area contributed by atoms with Gasteiger partial charge >= 0.3 is 0 Å². The van der Waals surface area contributed by atoms with E-state index < -0.39 is 0 Å². The number of fused-ring (bicyclic) bond motifs is 1. The second-order valence-corrected chi connectivity index (χ2v) is 5.09. The number of amides is 1. The van der Waals surface area contributed by atoms with Crippen LogP contribution in [0.2, 0.25) is 0 Å². The fraction of sp³-hybridized carbons (Fsp3) is 0.214. The van der Waals surface area contributed by atoms with Crippen LogP contribution in [0.5, 0.6) is 0 Å². The average molecular weight is 321 g/mol. The van der Waals surface area contributed by atoms with E-state index in [0.29, 0.717) is 16.8 Å². The molecule has 0 bridgehead atoms. The van der Waals surface area contributed by atoms with Crippen molar-refractivity contribution in [1.82, 2.24) is 5.32 Å². The number of carbonyl (C=O) groups excluding carboxylic acids is 1. The van der Waals surface area contributed by atoms with Crippen molar-refractivity contribution in [3.8, 4) is 0 Å². The number of hydrogen-bond donors (Lipinski definition) is 1. The molecule has 0 saturated carbocycles. The summed E-state index contributed by atoms with van der Waals surface area (Å²) in [4.78, 5) is 14.4. The van der Waals surface area contributed by atoms with E-state index in [0.717, 1.165) is 24.3 Å². The molecule has 1 aromatic carbocycles. The van der Waals surface area contributed by atoms with Gasteiger partial charge in [0.1, 0.15) is 0 Å². The third kappa shape index (κ3) is 2.31. The largest absolute Gasteiger partial charge is 0.457 e. The van der Waals surface area contributed by atoms with Crippen LogP contribution in [0.15, 0.2) is 45.7 Å². The average Bonchev–Trinajstić information content (AvgIpc) is 2.74. The van der Waals surface area contributed by atoms with Gasteiger partial charge in [0.25, 0.3) is 5.91 Å². The molecule has 1 aliphatic rings. The molecule has 0 radical (unpaired) electrons. The van der Waals surface area contributed by atoms with Gasteiger partial charge in [0, 0.05) is 25.3 Å². The molecular formula is C14H13BrN2O2. The third-order valence-corrected chi connectivity index (χ3v) is 3.82. The topological polar surface area (TPSA) is 45.5 Å². The molecule has 0 atom stereocenters. The molecule has 2 heterocycles. The van der Waals surface area contributed by atoms with Gasteiger partial charge < -0.3 is 14.6 Å². The molecule has 19 heavy (non-hydrogen) atoms. The zero-order valence-corrected chi connectivity index (χ0v) is 11.8. The van der Waals surface area contributed by atoms with Gasteiger partial charge in [-0.25, -0.2) is 0 Å². The quantitative estimate of drug-likeness (QED) is 0.878. The van der Waals surface area contributed by atoms with Crippen LogP contribution in [0, 0.1) is 0 Å². The van der Waals surface area contributed by atoms with Crippen molar-refractivity contribution in [3.05, 3.63) is 52.4 Å². The summed E-state index contributed by atoms with van der Waals surface area (Å²) in [6, 6.07) is 9.65. The third-order valence-electron chi connectivity index (χ3n) is 3.20. The van der Waals surface area contributed by atoms with Gasteiger partial charge in [0.2, 0.25) is 0 Å². The van der Waals surface area contributed by atoms with Crippen molar-refractivity contribution < 1.29 is 9.21 Å². The van der Waals surface area contributed by atoms with Gasteiger partial charge in [0.15, 0.2) is 4.67 Å². The number of rotatable bonds is 1. The summed E-state index contributed by atoms with van der Waals surface area (Å²) in [7, 11) is 0. The first kappa shape index (κ1) is 12.4. The molecule has 1 N–H and O–H groups in total. The lowest BCUT2D eigenvalue weighted by atomic mass is 10.1. The van der Waals surface area contributed by atoms with E-state index in [-0.39, 0.29) is 5.91 Å². The number of anilines is 1. The molecule has 2 aromatic rings. The molecule has 0 spiro atoms. The SMILES string of the molecule is O=C(c1ccoc1Br)N1CCNCc2ccccc21. The maximum Gasteiger partial charge on any atom is 0.262 e. The summed E-state index contributed by atoms with van der Waals surface area (Å²) >= 11 is 3.26. The van der Waals surface area contributed by atoms with Crippen molar-refractivity contribution in [2.75, 3.05) is 18.0 Å². The van der Waals surface area contributed by atoms with Crippen molar-refractivity contribution in [2.45, 2.75) is 6.54 Å². The van der Waals surface area contributed by atoms with Crippen LogP contribution in [0.25, 0.3) is 0 Å². The molecule has 1 amide bonds. The summed E-state index contributed by atoms with van der Waals surface area (Å²) in [5.74, 6) is -0.0447. The van der Waals surface area contributed by atoms with Crippen LogP contribution in [-0.4, -0.2) is 19.0 Å². The molecule has 0 fully saturated rings. The van der Waals surface area contributed by atoms with Crippen LogP contribution < -0.4 is 10.2 Å². The molecule has 1 aromatic heterocycles. The van der Waals surface area contributed by atoms with Gasteiger partial charge in [-0.15, -0.1) is 0 Å². The Morgan fingerprint density at radius 3 is 2.95 bits per heavy atom. The number of para-hydroxylation sites is 1. The fourth-order valence-corrected chi connectivity index (χ4v) is 2.67. The van der Waals surface area contributed by atoms with E-state index in [1.54, 1.807) is 11.0 Å². The predicted octanol–water partition coefficient (Wildman–Crippen LogP) is 2.79. The Balaban J connectivity index is 2.01. The first-order valence-corrected chi connectivity index (χ1v) is 6.90. The minimum atomic E-state index is -0.0447. The molecular weight excluding hydrogens is 308 g/mol. The van der Waals surface area contributed by atoms with Crippen LogP contribution >= 0.6 is 15.9 Å².